The highest BCUT2D eigenvalue weighted by molar-refractivity contribution is 7.99. The fourth-order valence-corrected chi connectivity index (χ4v) is 3.08. The average Bonchev–Trinajstić information content (AvgIpc) is 2.94. The van der Waals surface area contributed by atoms with Crippen LogP contribution in [0.15, 0.2) is 4.52 Å². The van der Waals surface area contributed by atoms with Gasteiger partial charge in [-0.2, -0.15) is 16.7 Å². The molecule has 18 heavy (non-hydrogen) atoms. The first-order valence-electron chi connectivity index (χ1n) is 6.88. The van der Waals surface area contributed by atoms with Crippen molar-refractivity contribution in [3.05, 3.63) is 11.7 Å². The molecule has 102 valence electrons. The van der Waals surface area contributed by atoms with Crippen molar-refractivity contribution in [1.82, 2.24) is 15.5 Å². The summed E-state index contributed by atoms with van der Waals surface area (Å²) in [4.78, 5) is 4.56. The zero-order valence-electron chi connectivity index (χ0n) is 11.5. The summed E-state index contributed by atoms with van der Waals surface area (Å²) in [6.07, 6.45) is 3.63. The Morgan fingerprint density at radius 2 is 2.28 bits per heavy atom. The molecule has 0 amide bonds. The standard InChI is InChI=1S/C13H23N3OS/c1-4-14-11-7-5-6-10(11)13-15-12(16-17-13)8-18-9(2)3/h9-11,14H,4-8H2,1-3H3. The van der Waals surface area contributed by atoms with Crippen LogP contribution < -0.4 is 5.32 Å². The molecule has 1 saturated carbocycles. The lowest BCUT2D eigenvalue weighted by molar-refractivity contribution is 0.329. The maximum Gasteiger partial charge on any atom is 0.231 e. The summed E-state index contributed by atoms with van der Waals surface area (Å²) in [5, 5.41) is 8.22. The third-order valence-corrected chi connectivity index (χ3v) is 4.42. The molecular weight excluding hydrogens is 246 g/mol. The van der Waals surface area contributed by atoms with E-state index in [0.717, 1.165) is 30.4 Å². The van der Waals surface area contributed by atoms with Gasteiger partial charge in [0.15, 0.2) is 5.82 Å². The molecule has 4 nitrogen and oxygen atoms in total. The lowest BCUT2D eigenvalue weighted by atomic mass is 10.0. The molecule has 1 heterocycles. The third-order valence-electron chi connectivity index (χ3n) is 3.33. The van der Waals surface area contributed by atoms with Crippen LogP contribution in [0.1, 0.15) is 57.7 Å². The minimum absolute atomic E-state index is 0.412. The van der Waals surface area contributed by atoms with Crippen LogP contribution in [0.25, 0.3) is 0 Å². The molecular formula is C13H23N3OS. The predicted molar refractivity (Wildman–Crippen MR) is 74.8 cm³/mol. The van der Waals surface area contributed by atoms with Crippen molar-refractivity contribution in [3.8, 4) is 0 Å². The van der Waals surface area contributed by atoms with E-state index in [1.54, 1.807) is 0 Å². The Kier molecular flexibility index (Phi) is 5.06. The summed E-state index contributed by atoms with van der Waals surface area (Å²) in [6.45, 7) is 7.52. The molecule has 2 rings (SSSR count). The monoisotopic (exact) mass is 269 g/mol. The third kappa shape index (κ3) is 3.48. The Balaban J connectivity index is 1.96. The van der Waals surface area contributed by atoms with Crippen LogP contribution in [0.5, 0.6) is 0 Å². The largest absolute Gasteiger partial charge is 0.339 e. The number of nitrogens with zero attached hydrogens (tertiary/aromatic N) is 2. The van der Waals surface area contributed by atoms with E-state index in [4.69, 9.17) is 4.52 Å². The number of likely N-dealkylation sites (N-methyl/N-ethyl adjacent to an activating group) is 1. The lowest BCUT2D eigenvalue weighted by Crippen LogP contribution is -2.31. The van der Waals surface area contributed by atoms with Crippen molar-refractivity contribution < 1.29 is 4.52 Å². The van der Waals surface area contributed by atoms with E-state index in [2.05, 4.69) is 36.2 Å². The number of thioether (sulfide) groups is 1. The van der Waals surface area contributed by atoms with E-state index in [1.807, 2.05) is 11.8 Å². The molecule has 1 aromatic rings. The summed E-state index contributed by atoms with van der Waals surface area (Å²) in [5.41, 5.74) is 0. The molecule has 0 aliphatic heterocycles. The van der Waals surface area contributed by atoms with E-state index in [1.165, 1.54) is 12.8 Å². The highest BCUT2D eigenvalue weighted by Crippen LogP contribution is 2.33. The number of hydrogen-bond donors (Lipinski definition) is 1. The fourth-order valence-electron chi connectivity index (χ4n) is 2.48. The number of nitrogens with one attached hydrogen (secondary N) is 1. The second-order valence-electron chi connectivity index (χ2n) is 5.11. The Morgan fingerprint density at radius 3 is 3.00 bits per heavy atom. The van der Waals surface area contributed by atoms with Gasteiger partial charge in [-0.1, -0.05) is 32.3 Å². The summed E-state index contributed by atoms with van der Waals surface area (Å²) in [6, 6.07) is 0.515. The van der Waals surface area contributed by atoms with Gasteiger partial charge in [0.25, 0.3) is 0 Å². The first-order valence-corrected chi connectivity index (χ1v) is 7.93. The van der Waals surface area contributed by atoms with E-state index in [9.17, 15) is 0 Å². The molecule has 0 spiro atoms. The lowest BCUT2D eigenvalue weighted by Gasteiger charge is -2.16. The van der Waals surface area contributed by atoms with Crippen molar-refractivity contribution in [2.24, 2.45) is 0 Å². The maximum atomic E-state index is 5.44. The molecule has 1 aliphatic carbocycles. The Bertz CT molecular complexity index is 367. The van der Waals surface area contributed by atoms with Crippen LogP contribution >= 0.6 is 11.8 Å². The molecule has 0 saturated heterocycles. The second kappa shape index (κ2) is 6.57. The number of rotatable bonds is 6. The molecule has 0 aromatic carbocycles. The minimum atomic E-state index is 0.412. The highest BCUT2D eigenvalue weighted by atomic mass is 32.2. The molecule has 0 bridgehead atoms. The second-order valence-corrected chi connectivity index (χ2v) is 6.67. The number of aromatic nitrogens is 2. The zero-order valence-corrected chi connectivity index (χ0v) is 12.3. The zero-order chi connectivity index (χ0) is 13.0. The normalized spacial score (nSPS) is 24.0. The first kappa shape index (κ1) is 13.9. The molecule has 1 N–H and O–H groups in total. The Morgan fingerprint density at radius 1 is 1.44 bits per heavy atom. The summed E-state index contributed by atoms with van der Waals surface area (Å²) < 4.78 is 5.44. The van der Waals surface area contributed by atoms with Gasteiger partial charge in [0.2, 0.25) is 5.89 Å². The van der Waals surface area contributed by atoms with Gasteiger partial charge in [-0.25, -0.2) is 0 Å². The molecule has 5 heteroatoms. The van der Waals surface area contributed by atoms with Gasteiger partial charge in [0.1, 0.15) is 0 Å². The van der Waals surface area contributed by atoms with E-state index < -0.39 is 0 Å². The van der Waals surface area contributed by atoms with Gasteiger partial charge in [0, 0.05) is 6.04 Å². The van der Waals surface area contributed by atoms with Gasteiger partial charge in [0.05, 0.1) is 11.7 Å². The van der Waals surface area contributed by atoms with Crippen LogP contribution in [-0.4, -0.2) is 28.0 Å². The van der Waals surface area contributed by atoms with Crippen LogP contribution in [0.2, 0.25) is 0 Å². The fraction of sp³-hybridized carbons (Fsp3) is 0.846. The molecule has 0 radical (unpaired) electrons. The van der Waals surface area contributed by atoms with Crippen molar-refractivity contribution in [2.45, 2.75) is 63.0 Å². The first-order chi connectivity index (χ1) is 8.70. The van der Waals surface area contributed by atoms with E-state index in [-0.39, 0.29) is 0 Å². The van der Waals surface area contributed by atoms with Gasteiger partial charge < -0.3 is 9.84 Å². The predicted octanol–water partition coefficient (Wildman–Crippen LogP) is 2.96. The van der Waals surface area contributed by atoms with Crippen molar-refractivity contribution >= 4 is 11.8 Å². The SMILES string of the molecule is CCNC1CCCC1c1nc(CSC(C)C)no1. The maximum absolute atomic E-state index is 5.44. The Hall–Kier alpha value is -0.550. The average molecular weight is 269 g/mol. The van der Waals surface area contributed by atoms with Gasteiger partial charge in [-0.05, 0) is 24.6 Å². The molecule has 1 aliphatic rings. The van der Waals surface area contributed by atoms with Crippen LogP contribution in [-0.2, 0) is 5.75 Å². The van der Waals surface area contributed by atoms with Crippen LogP contribution in [0.4, 0.5) is 0 Å². The van der Waals surface area contributed by atoms with E-state index in [0.29, 0.717) is 17.2 Å². The quantitative estimate of drug-likeness (QED) is 0.860. The van der Waals surface area contributed by atoms with Gasteiger partial charge in [-0.3, -0.25) is 0 Å². The van der Waals surface area contributed by atoms with Gasteiger partial charge in [-0.15, -0.1) is 0 Å². The van der Waals surface area contributed by atoms with Crippen molar-refractivity contribution in [2.75, 3.05) is 6.54 Å². The topological polar surface area (TPSA) is 51.0 Å². The van der Waals surface area contributed by atoms with E-state index >= 15 is 0 Å². The summed E-state index contributed by atoms with van der Waals surface area (Å²) >= 11 is 1.85. The summed E-state index contributed by atoms with van der Waals surface area (Å²) in [5.74, 6) is 2.93. The van der Waals surface area contributed by atoms with Crippen molar-refractivity contribution in [1.29, 1.82) is 0 Å². The van der Waals surface area contributed by atoms with Gasteiger partial charge >= 0.3 is 0 Å². The van der Waals surface area contributed by atoms with Crippen LogP contribution in [0, 0.1) is 0 Å². The smallest absolute Gasteiger partial charge is 0.231 e. The molecule has 2 atom stereocenters. The minimum Gasteiger partial charge on any atom is -0.339 e. The molecule has 1 aromatic heterocycles. The Labute approximate surface area is 113 Å². The van der Waals surface area contributed by atoms with Crippen LogP contribution in [0.3, 0.4) is 0 Å². The molecule has 2 unspecified atom stereocenters. The summed E-state index contributed by atoms with van der Waals surface area (Å²) in [7, 11) is 0. The van der Waals surface area contributed by atoms with Crippen molar-refractivity contribution in [3.63, 3.8) is 0 Å². The highest BCUT2D eigenvalue weighted by Gasteiger charge is 2.32. The molecule has 1 fully saturated rings. The number of hydrogen-bond acceptors (Lipinski definition) is 5.